The van der Waals surface area contributed by atoms with Crippen molar-refractivity contribution in [1.29, 1.82) is 0 Å². The van der Waals surface area contributed by atoms with Gasteiger partial charge in [-0.2, -0.15) is 0 Å². The van der Waals surface area contributed by atoms with Crippen LogP contribution in [0.1, 0.15) is 25.0 Å². The molecule has 0 aliphatic rings. The van der Waals surface area contributed by atoms with Crippen LogP contribution in [0.3, 0.4) is 0 Å². The Morgan fingerprint density at radius 1 is 0.950 bits per heavy atom. The number of carbonyl (C=O) groups is 2. The fourth-order valence-electron chi connectivity index (χ4n) is 4.03. The first-order valence-electron chi connectivity index (χ1n) is 12.6. The largest absolute Gasteiger partial charge is 0.354 e. The quantitative estimate of drug-likeness (QED) is 0.259. The van der Waals surface area contributed by atoms with E-state index < -0.39 is 28.5 Å². The maximum absolute atomic E-state index is 14.1. The van der Waals surface area contributed by atoms with Crippen LogP contribution in [0.5, 0.6) is 0 Å². The predicted octanol–water partition coefficient (Wildman–Crippen LogP) is 5.93. The summed E-state index contributed by atoms with van der Waals surface area (Å²) in [7, 11) is -3.95. The molecule has 0 bridgehead atoms. The highest BCUT2D eigenvalue weighted by Crippen LogP contribution is 2.31. The standard InChI is InChI=1S/C29H32BrCl2N3O4S/c1-20(2)17-33-29(37)27(15-21-7-5-4-6-8-21)34(18-22-9-11-23(30)12-10-22)28(36)19-35(40(3,38)39)26-16-24(31)13-14-25(26)32/h4-14,16,20,27H,15,17-19H2,1-3H3,(H,33,37)/t27-/m1/s1. The molecule has 0 heterocycles. The van der Waals surface area contributed by atoms with Crippen molar-refractivity contribution in [2.75, 3.05) is 23.7 Å². The Morgan fingerprint density at radius 2 is 1.60 bits per heavy atom. The molecule has 11 heteroatoms. The van der Waals surface area contributed by atoms with Crippen LogP contribution in [0, 0.1) is 5.92 Å². The minimum absolute atomic E-state index is 0.0810. The van der Waals surface area contributed by atoms with E-state index >= 15 is 0 Å². The number of halogens is 3. The third kappa shape index (κ3) is 9.23. The predicted molar refractivity (Wildman–Crippen MR) is 165 cm³/mol. The van der Waals surface area contributed by atoms with Gasteiger partial charge in [-0.15, -0.1) is 0 Å². The number of amides is 2. The Kier molecular flexibility index (Phi) is 11.5. The summed E-state index contributed by atoms with van der Waals surface area (Å²) in [6.45, 7) is 3.90. The highest BCUT2D eigenvalue weighted by atomic mass is 79.9. The third-order valence-corrected chi connectivity index (χ3v) is 8.29. The second kappa shape index (κ2) is 14.3. The Labute approximate surface area is 254 Å². The zero-order valence-corrected chi connectivity index (χ0v) is 26.4. The molecule has 1 N–H and O–H groups in total. The van der Waals surface area contributed by atoms with Gasteiger partial charge in [0.1, 0.15) is 12.6 Å². The molecule has 0 saturated heterocycles. The van der Waals surface area contributed by atoms with Gasteiger partial charge in [0.15, 0.2) is 0 Å². The third-order valence-electron chi connectivity index (χ3n) is 6.08. The average Bonchev–Trinajstić information content (AvgIpc) is 2.90. The number of nitrogens with one attached hydrogen (secondary N) is 1. The molecule has 7 nitrogen and oxygen atoms in total. The Morgan fingerprint density at radius 3 is 2.20 bits per heavy atom. The topological polar surface area (TPSA) is 86.8 Å². The molecule has 3 aromatic carbocycles. The van der Waals surface area contributed by atoms with Crippen molar-refractivity contribution in [2.45, 2.75) is 32.9 Å². The van der Waals surface area contributed by atoms with Gasteiger partial charge in [-0.3, -0.25) is 13.9 Å². The molecule has 0 aliphatic heterocycles. The zero-order valence-electron chi connectivity index (χ0n) is 22.5. The summed E-state index contributed by atoms with van der Waals surface area (Å²) in [4.78, 5) is 29.1. The second-order valence-electron chi connectivity index (χ2n) is 9.86. The summed E-state index contributed by atoms with van der Waals surface area (Å²) in [5.41, 5.74) is 1.72. The number of hydrogen-bond acceptors (Lipinski definition) is 4. The van der Waals surface area contributed by atoms with Gasteiger partial charge in [0.25, 0.3) is 0 Å². The van der Waals surface area contributed by atoms with Crippen molar-refractivity contribution in [3.63, 3.8) is 0 Å². The van der Waals surface area contributed by atoms with E-state index in [1.165, 1.54) is 23.1 Å². The van der Waals surface area contributed by atoms with E-state index in [4.69, 9.17) is 23.2 Å². The van der Waals surface area contributed by atoms with Gasteiger partial charge in [-0.1, -0.05) is 95.4 Å². The second-order valence-corrected chi connectivity index (χ2v) is 13.5. The van der Waals surface area contributed by atoms with Crippen molar-refractivity contribution in [2.24, 2.45) is 5.92 Å². The molecule has 2 amide bonds. The van der Waals surface area contributed by atoms with Crippen molar-refractivity contribution in [3.05, 3.63) is 98.4 Å². The molecule has 3 rings (SSSR count). The summed E-state index contributed by atoms with van der Waals surface area (Å²) in [6, 6.07) is 20.3. The molecule has 1 atom stereocenters. The molecule has 40 heavy (non-hydrogen) atoms. The van der Waals surface area contributed by atoms with Crippen LogP contribution in [0.4, 0.5) is 5.69 Å². The number of sulfonamides is 1. The van der Waals surface area contributed by atoms with E-state index in [0.717, 1.165) is 26.2 Å². The van der Waals surface area contributed by atoms with Gasteiger partial charge in [0.05, 0.1) is 17.0 Å². The lowest BCUT2D eigenvalue weighted by Crippen LogP contribution is -2.53. The maximum atomic E-state index is 14.1. The lowest BCUT2D eigenvalue weighted by Gasteiger charge is -2.34. The summed E-state index contributed by atoms with van der Waals surface area (Å²) in [5, 5.41) is 3.34. The zero-order chi connectivity index (χ0) is 29.4. The number of nitrogens with zero attached hydrogens (tertiary/aromatic N) is 2. The summed E-state index contributed by atoms with van der Waals surface area (Å²) >= 11 is 15.9. The van der Waals surface area contributed by atoms with Crippen molar-refractivity contribution >= 4 is 66.7 Å². The first-order chi connectivity index (χ1) is 18.8. The summed E-state index contributed by atoms with van der Waals surface area (Å²) in [5.74, 6) is -0.692. The van der Waals surface area contributed by atoms with Gasteiger partial charge in [0.2, 0.25) is 21.8 Å². The van der Waals surface area contributed by atoms with Crippen LogP contribution in [0.25, 0.3) is 0 Å². The molecular weight excluding hydrogens is 637 g/mol. The maximum Gasteiger partial charge on any atom is 0.244 e. The minimum Gasteiger partial charge on any atom is -0.354 e. The molecule has 0 spiro atoms. The molecule has 0 aromatic heterocycles. The average molecular weight is 669 g/mol. The fraction of sp³-hybridized carbons (Fsp3) is 0.310. The Bertz CT molecular complexity index is 1420. The highest BCUT2D eigenvalue weighted by Gasteiger charge is 2.33. The van der Waals surface area contributed by atoms with Crippen LogP contribution in [-0.4, -0.2) is 50.5 Å². The number of benzene rings is 3. The van der Waals surface area contributed by atoms with E-state index in [-0.39, 0.29) is 40.5 Å². The van der Waals surface area contributed by atoms with Gasteiger partial charge in [-0.25, -0.2) is 8.42 Å². The van der Waals surface area contributed by atoms with Crippen molar-refractivity contribution in [1.82, 2.24) is 10.2 Å². The minimum atomic E-state index is -3.95. The summed E-state index contributed by atoms with van der Waals surface area (Å²) in [6.07, 6.45) is 1.23. The number of carbonyl (C=O) groups excluding carboxylic acids is 2. The molecule has 214 valence electrons. The molecule has 3 aromatic rings. The molecule has 0 unspecified atom stereocenters. The number of hydrogen-bond donors (Lipinski definition) is 1. The smallest absolute Gasteiger partial charge is 0.244 e. The van der Waals surface area contributed by atoms with Crippen LogP contribution in [0.2, 0.25) is 10.0 Å². The molecule has 0 radical (unpaired) electrons. The normalized spacial score (nSPS) is 12.2. The Hall–Kier alpha value is -2.59. The van der Waals surface area contributed by atoms with Gasteiger partial charge in [-0.05, 0) is 47.4 Å². The molecular formula is C29H32BrCl2N3O4S. The lowest BCUT2D eigenvalue weighted by atomic mass is 10.0. The van der Waals surface area contributed by atoms with E-state index in [1.807, 2.05) is 68.4 Å². The van der Waals surface area contributed by atoms with Crippen LogP contribution < -0.4 is 9.62 Å². The first kappa shape index (κ1) is 31.9. The summed E-state index contributed by atoms with van der Waals surface area (Å²) < 4.78 is 27.6. The van der Waals surface area contributed by atoms with E-state index in [0.29, 0.717) is 6.54 Å². The van der Waals surface area contributed by atoms with Crippen molar-refractivity contribution < 1.29 is 18.0 Å². The SMILES string of the molecule is CC(C)CNC(=O)[C@@H](Cc1ccccc1)N(Cc1ccc(Br)cc1)C(=O)CN(c1cc(Cl)ccc1Cl)S(C)(=O)=O. The van der Waals surface area contributed by atoms with Crippen LogP contribution >= 0.6 is 39.1 Å². The van der Waals surface area contributed by atoms with Crippen LogP contribution in [0.15, 0.2) is 77.3 Å². The van der Waals surface area contributed by atoms with E-state index in [9.17, 15) is 18.0 Å². The fourth-order valence-corrected chi connectivity index (χ4v) is 5.59. The van der Waals surface area contributed by atoms with Crippen molar-refractivity contribution in [3.8, 4) is 0 Å². The van der Waals surface area contributed by atoms with Gasteiger partial charge >= 0.3 is 0 Å². The first-order valence-corrected chi connectivity index (χ1v) is 16.0. The van der Waals surface area contributed by atoms with Crippen LogP contribution in [-0.2, 0) is 32.6 Å². The Balaban J connectivity index is 2.06. The lowest BCUT2D eigenvalue weighted by molar-refractivity contribution is -0.140. The molecule has 0 fully saturated rings. The van der Waals surface area contributed by atoms with Gasteiger partial charge in [0, 0.05) is 29.0 Å². The highest BCUT2D eigenvalue weighted by molar-refractivity contribution is 9.10. The molecule has 0 saturated carbocycles. The van der Waals surface area contributed by atoms with E-state index in [1.54, 1.807) is 0 Å². The number of rotatable bonds is 12. The van der Waals surface area contributed by atoms with Gasteiger partial charge < -0.3 is 10.2 Å². The number of anilines is 1. The molecule has 0 aliphatic carbocycles. The monoisotopic (exact) mass is 667 g/mol. The van der Waals surface area contributed by atoms with E-state index in [2.05, 4.69) is 21.2 Å².